The first-order chi connectivity index (χ1) is 14.7. The monoisotopic (exact) mass is 443 g/mol. The molecule has 6 heteroatoms. The summed E-state index contributed by atoms with van der Waals surface area (Å²) in [6, 6.07) is 7.72. The van der Waals surface area contributed by atoms with Gasteiger partial charge in [0.2, 0.25) is 5.91 Å². The minimum Gasteiger partial charge on any atom is -0.497 e. The van der Waals surface area contributed by atoms with Crippen LogP contribution in [0.4, 0.5) is 5.00 Å². The number of nitrogens with one attached hydrogen (secondary N) is 1. The lowest BCUT2D eigenvalue weighted by atomic mass is 9.72. The van der Waals surface area contributed by atoms with Gasteiger partial charge >= 0.3 is 5.97 Å². The van der Waals surface area contributed by atoms with E-state index < -0.39 is 0 Å². The van der Waals surface area contributed by atoms with E-state index in [1.807, 2.05) is 24.3 Å². The third-order valence-corrected chi connectivity index (χ3v) is 7.19. The summed E-state index contributed by atoms with van der Waals surface area (Å²) in [7, 11) is 1.63. The SMILES string of the molecule is CCOC(=O)c1c(NC(=O)CCc2ccc(OC)cc2)sc2c1CCC(C(C)(C)C)C2. The van der Waals surface area contributed by atoms with E-state index in [-0.39, 0.29) is 17.3 Å². The van der Waals surface area contributed by atoms with Crippen LogP contribution in [0.25, 0.3) is 0 Å². The number of hydrogen-bond acceptors (Lipinski definition) is 5. The molecule has 0 saturated heterocycles. The number of rotatable bonds is 7. The van der Waals surface area contributed by atoms with Gasteiger partial charge in [-0.05, 0) is 67.2 Å². The van der Waals surface area contributed by atoms with Crippen molar-refractivity contribution in [2.45, 2.75) is 59.8 Å². The Kier molecular flexibility index (Phi) is 7.42. The number of thiophene rings is 1. The van der Waals surface area contributed by atoms with Gasteiger partial charge in [-0.25, -0.2) is 4.79 Å². The molecule has 0 saturated carbocycles. The first kappa shape index (κ1) is 23.3. The molecular formula is C25H33NO4S. The second-order valence-electron chi connectivity index (χ2n) is 9.13. The zero-order valence-corrected chi connectivity index (χ0v) is 20.0. The number of ether oxygens (including phenoxy) is 2. The molecule has 0 aliphatic heterocycles. The van der Waals surface area contributed by atoms with Crippen molar-refractivity contribution in [3.8, 4) is 5.75 Å². The molecule has 1 N–H and O–H groups in total. The van der Waals surface area contributed by atoms with E-state index in [1.165, 1.54) is 4.88 Å². The Hall–Kier alpha value is -2.34. The molecular weight excluding hydrogens is 410 g/mol. The van der Waals surface area contributed by atoms with Crippen molar-refractivity contribution in [2.24, 2.45) is 11.3 Å². The number of carbonyl (C=O) groups excluding carboxylic acids is 2. The van der Waals surface area contributed by atoms with Gasteiger partial charge in [0, 0.05) is 11.3 Å². The molecule has 31 heavy (non-hydrogen) atoms. The molecule has 3 rings (SSSR count). The summed E-state index contributed by atoms with van der Waals surface area (Å²) in [5, 5.41) is 3.64. The molecule has 5 nitrogen and oxygen atoms in total. The van der Waals surface area contributed by atoms with E-state index in [1.54, 1.807) is 25.4 Å². The predicted molar refractivity (Wildman–Crippen MR) is 125 cm³/mol. The average Bonchev–Trinajstić information content (AvgIpc) is 3.09. The Labute approximate surface area is 189 Å². The molecule has 0 bridgehead atoms. The molecule has 1 unspecified atom stereocenters. The van der Waals surface area contributed by atoms with Crippen LogP contribution >= 0.6 is 11.3 Å². The Balaban J connectivity index is 1.75. The Morgan fingerprint density at radius 2 is 1.90 bits per heavy atom. The van der Waals surface area contributed by atoms with Crippen LogP contribution in [0.2, 0.25) is 0 Å². The predicted octanol–water partition coefficient (Wildman–Crippen LogP) is 5.66. The Bertz CT molecular complexity index is 924. The lowest BCUT2D eigenvalue weighted by molar-refractivity contribution is -0.116. The van der Waals surface area contributed by atoms with Gasteiger partial charge in [-0.3, -0.25) is 4.79 Å². The number of esters is 1. The number of hydrogen-bond donors (Lipinski definition) is 1. The first-order valence-corrected chi connectivity index (χ1v) is 11.8. The summed E-state index contributed by atoms with van der Waals surface area (Å²) in [4.78, 5) is 26.6. The molecule has 1 aromatic heterocycles. The topological polar surface area (TPSA) is 64.6 Å². The largest absolute Gasteiger partial charge is 0.497 e. The molecule has 0 fully saturated rings. The highest BCUT2D eigenvalue weighted by atomic mass is 32.1. The summed E-state index contributed by atoms with van der Waals surface area (Å²) < 4.78 is 10.5. The molecule has 0 spiro atoms. The number of methoxy groups -OCH3 is 1. The third-order valence-electron chi connectivity index (χ3n) is 6.02. The van der Waals surface area contributed by atoms with E-state index in [0.717, 1.165) is 36.1 Å². The van der Waals surface area contributed by atoms with Gasteiger partial charge in [0.25, 0.3) is 0 Å². The van der Waals surface area contributed by atoms with Gasteiger partial charge < -0.3 is 14.8 Å². The van der Waals surface area contributed by atoms with Gasteiger partial charge in [-0.15, -0.1) is 11.3 Å². The molecule has 1 aliphatic carbocycles. The number of carbonyl (C=O) groups is 2. The van der Waals surface area contributed by atoms with Crippen molar-refractivity contribution in [1.82, 2.24) is 0 Å². The summed E-state index contributed by atoms with van der Waals surface area (Å²) in [5.74, 6) is 0.935. The van der Waals surface area contributed by atoms with Crippen LogP contribution in [0.1, 0.15) is 66.9 Å². The molecule has 2 aromatic rings. The minimum absolute atomic E-state index is 0.0904. The highest BCUT2D eigenvalue weighted by Gasteiger charge is 2.34. The summed E-state index contributed by atoms with van der Waals surface area (Å²) in [6.45, 7) is 8.93. The third kappa shape index (κ3) is 5.67. The van der Waals surface area contributed by atoms with Crippen molar-refractivity contribution in [2.75, 3.05) is 19.0 Å². The standard InChI is InChI=1S/C25H33NO4S/c1-6-30-24(28)22-19-13-10-17(25(2,3)4)15-20(19)31-23(22)26-21(27)14-9-16-7-11-18(29-5)12-8-16/h7-8,11-12,17H,6,9-10,13-15H2,1-5H3,(H,26,27). The van der Waals surface area contributed by atoms with Gasteiger partial charge in [-0.2, -0.15) is 0 Å². The maximum Gasteiger partial charge on any atom is 0.341 e. The number of fused-ring (bicyclic) bond motifs is 1. The molecule has 1 atom stereocenters. The van der Waals surface area contributed by atoms with Crippen LogP contribution in [-0.4, -0.2) is 25.6 Å². The molecule has 1 aliphatic rings. The molecule has 0 radical (unpaired) electrons. The quantitative estimate of drug-likeness (QED) is 0.561. The second-order valence-corrected chi connectivity index (χ2v) is 10.2. The van der Waals surface area contributed by atoms with Gasteiger partial charge in [0.1, 0.15) is 10.8 Å². The normalized spacial score (nSPS) is 15.8. The number of aryl methyl sites for hydroxylation is 1. The lowest BCUT2D eigenvalue weighted by Gasteiger charge is -2.33. The molecule has 1 amide bonds. The highest BCUT2D eigenvalue weighted by Crippen LogP contribution is 2.44. The first-order valence-electron chi connectivity index (χ1n) is 11.0. The zero-order valence-electron chi connectivity index (χ0n) is 19.2. The van der Waals surface area contributed by atoms with Gasteiger partial charge in [0.15, 0.2) is 0 Å². The fourth-order valence-corrected chi connectivity index (χ4v) is 5.40. The average molecular weight is 444 g/mol. The summed E-state index contributed by atoms with van der Waals surface area (Å²) in [5.41, 5.74) is 2.91. The molecule has 1 heterocycles. The summed E-state index contributed by atoms with van der Waals surface area (Å²) in [6.07, 6.45) is 3.81. The number of benzene rings is 1. The van der Waals surface area contributed by atoms with Crippen LogP contribution in [0.5, 0.6) is 5.75 Å². The zero-order chi connectivity index (χ0) is 22.6. The fraction of sp³-hybridized carbons (Fsp3) is 0.520. The van der Waals surface area contributed by atoms with E-state index >= 15 is 0 Å². The van der Waals surface area contributed by atoms with Crippen molar-refractivity contribution in [1.29, 1.82) is 0 Å². The lowest BCUT2D eigenvalue weighted by Crippen LogP contribution is -2.26. The van der Waals surface area contributed by atoms with Crippen molar-refractivity contribution < 1.29 is 19.1 Å². The summed E-state index contributed by atoms with van der Waals surface area (Å²) >= 11 is 1.54. The molecule has 1 aromatic carbocycles. The fourth-order valence-electron chi connectivity index (χ4n) is 4.07. The highest BCUT2D eigenvalue weighted by molar-refractivity contribution is 7.17. The van der Waals surface area contributed by atoms with Crippen molar-refractivity contribution in [3.63, 3.8) is 0 Å². The van der Waals surface area contributed by atoms with Crippen LogP contribution in [-0.2, 0) is 28.8 Å². The van der Waals surface area contributed by atoms with Crippen LogP contribution in [0.15, 0.2) is 24.3 Å². The van der Waals surface area contributed by atoms with Crippen molar-refractivity contribution in [3.05, 3.63) is 45.8 Å². The maximum absolute atomic E-state index is 12.7. The van der Waals surface area contributed by atoms with E-state index in [4.69, 9.17) is 9.47 Å². The van der Waals surface area contributed by atoms with Crippen LogP contribution in [0, 0.1) is 11.3 Å². The van der Waals surface area contributed by atoms with E-state index in [9.17, 15) is 9.59 Å². The number of amides is 1. The van der Waals surface area contributed by atoms with Crippen LogP contribution < -0.4 is 10.1 Å². The van der Waals surface area contributed by atoms with Crippen molar-refractivity contribution >= 4 is 28.2 Å². The second kappa shape index (κ2) is 9.86. The minimum atomic E-state index is -0.334. The van der Waals surface area contributed by atoms with Crippen LogP contribution in [0.3, 0.4) is 0 Å². The number of anilines is 1. The Morgan fingerprint density at radius 1 is 1.19 bits per heavy atom. The van der Waals surface area contributed by atoms with Gasteiger partial charge in [0.05, 0.1) is 19.3 Å². The van der Waals surface area contributed by atoms with Gasteiger partial charge in [-0.1, -0.05) is 32.9 Å². The smallest absolute Gasteiger partial charge is 0.341 e. The molecule has 168 valence electrons. The van der Waals surface area contributed by atoms with E-state index in [2.05, 4.69) is 26.1 Å². The van der Waals surface area contributed by atoms with E-state index in [0.29, 0.717) is 35.9 Å². The Morgan fingerprint density at radius 3 is 2.52 bits per heavy atom. The maximum atomic E-state index is 12.7.